The number of amides is 1. The molecule has 19 heavy (non-hydrogen) atoms. The topological polar surface area (TPSA) is 94.8 Å². The van der Waals surface area contributed by atoms with E-state index in [9.17, 15) is 14.4 Å². The van der Waals surface area contributed by atoms with Crippen LogP contribution in [0.4, 0.5) is 5.69 Å². The molecule has 2 aromatic rings. The van der Waals surface area contributed by atoms with E-state index < -0.39 is 5.56 Å². The number of nitrogens with one attached hydrogen (secondary N) is 3. The van der Waals surface area contributed by atoms with Crippen molar-refractivity contribution >= 4 is 22.4 Å². The summed E-state index contributed by atoms with van der Waals surface area (Å²) in [6.07, 6.45) is 2.83. The molecule has 3 rings (SSSR count). The lowest BCUT2D eigenvalue weighted by Crippen LogP contribution is -2.29. The zero-order chi connectivity index (χ0) is 13.4. The van der Waals surface area contributed by atoms with Gasteiger partial charge in [0.05, 0.1) is 16.5 Å². The van der Waals surface area contributed by atoms with Crippen LogP contribution in [0.5, 0.6) is 0 Å². The molecule has 6 nitrogen and oxygen atoms in total. The summed E-state index contributed by atoms with van der Waals surface area (Å²) in [7, 11) is 0. The van der Waals surface area contributed by atoms with Gasteiger partial charge in [0.1, 0.15) is 0 Å². The normalized spacial score (nSPS) is 15.2. The fourth-order valence-corrected chi connectivity index (χ4v) is 2.24. The van der Waals surface area contributed by atoms with E-state index in [0.717, 1.165) is 19.3 Å². The minimum absolute atomic E-state index is 0.0244. The Balaban J connectivity index is 2.08. The number of fused-ring (bicyclic) bond motifs is 1. The number of H-pyrrole nitrogens is 2. The summed E-state index contributed by atoms with van der Waals surface area (Å²) in [6, 6.07) is 4.84. The summed E-state index contributed by atoms with van der Waals surface area (Å²) in [5.74, 6) is -0.0604. The minimum Gasteiger partial charge on any atom is -0.325 e. The largest absolute Gasteiger partial charge is 0.325 e. The molecular weight excluding hydrogens is 246 g/mol. The third kappa shape index (κ3) is 1.95. The summed E-state index contributed by atoms with van der Waals surface area (Å²) >= 11 is 0. The van der Waals surface area contributed by atoms with Crippen molar-refractivity contribution in [3.63, 3.8) is 0 Å². The van der Waals surface area contributed by atoms with E-state index in [2.05, 4.69) is 15.5 Å². The van der Waals surface area contributed by atoms with Crippen molar-refractivity contribution in [3.05, 3.63) is 38.9 Å². The summed E-state index contributed by atoms with van der Waals surface area (Å²) < 4.78 is 0. The van der Waals surface area contributed by atoms with Crippen molar-refractivity contribution in [1.29, 1.82) is 0 Å². The Kier molecular flexibility index (Phi) is 2.70. The Bertz CT molecular complexity index is 756. The van der Waals surface area contributed by atoms with E-state index in [1.165, 1.54) is 0 Å². The molecule has 1 aliphatic rings. The van der Waals surface area contributed by atoms with Crippen molar-refractivity contribution in [2.75, 3.05) is 5.32 Å². The van der Waals surface area contributed by atoms with Gasteiger partial charge in [0.2, 0.25) is 5.91 Å². The lowest BCUT2D eigenvalue weighted by molar-refractivity contribution is -0.122. The summed E-state index contributed by atoms with van der Waals surface area (Å²) in [5, 5.41) is 7.77. The molecular formula is C13H13N3O3. The molecule has 0 saturated heterocycles. The second-order valence-corrected chi connectivity index (χ2v) is 4.75. The Hall–Kier alpha value is -2.37. The molecule has 1 aromatic carbocycles. The van der Waals surface area contributed by atoms with Gasteiger partial charge in [-0.25, -0.2) is 0 Å². The molecule has 0 aliphatic heterocycles. The smallest absolute Gasteiger partial charge is 0.272 e. The van der Waals surface area contributed by atoms with E-state index in [0.29, 0.717) is 5.69 Å². The average Bonchev–Trinajstić information content (AvgIpc) is 2.32. The lowest BCUT2D eigenvalue weighted by Gasteiger charge is -2.24. The van der Waals surface area contributed by atoms with Crippen LogP contribution in [0.1, 0.15) is 19.3 Å². The molecule has 0 unspecified atom stereocenters. The van der Waals surface area contributed by atoms with Gasteiger partial charge in [0, 0.05) is 5.92 Å². The Labute approximate surface area is 107 Å². The van der Waals surface area contributed by atoms with Crippen molar-refractivity contribution in [2.24, 2.45) is 5.92 Å². The molecule has 0 spiro atoms. The fourth-order valence-electron chi connectivity index (χ4n) is 2.24. The van der Waals surface area contributed by atoms with Gasteiger partial charge < -0.3 is 5.32 Å². The van der Waals surface area contributed by atoms with Gasteiger partial charge >= 0.3 is 0 Å². The van der Waals surface area contributed by atoms with Crippen molar-refractivity contribution in [1.82, 2.24) is 10.2 Å². The van der Waals surface area contributed by atoms with Gasteiger partial charge in [0.25, 0.3) is 11.1 Å². The van der Waals surface area contributed by atoms with Crippen molar-refractivity contribution < 1.29 is 4.79 Å². The van der Waals surface area contributed by atoms with Gasteiger partial charge in [0.15, 0.2) is 0 Å². The first-order valence-corrected chi connectivity index (χ1v) is 6.21. The van der Waals surface area contributed by atoms with Gasteiger partial charge in [-0.2, -0.15) is 0 Å². The second kappa shape index (κ2) is 4.38. The molecule has 0 radical (unpaired) electrons. The predicted octanol–water partition coefficient (Wildman–Crippen LogP) is 0.955. The van der Waals surface area contributed by atoms with Gasteiger partial charge in [-0.15, -0.1) is 0 Å². The number of aromatic nitrogens is 2. The number of hydrogen-bond acceptors (Lipinski definition) is 3. The molecule has 3 N–H and O–H groups in total. The van der Waals surface area contributed by atoms with Crippen LogP contribution in [0.25, 0.3) is 10.8 Å². The highest BCUT2D eigenvalue weighted by molar-refractivity contribution is 6.02. The molecule has 98 valence electrons. The molecule has 1 fully saturated rings. The number of anilines is 1. The van der Waals surface area contributed by atoms with Crippen molar-refractivity contribution in [2.45, 2.75) is 19.3 Å². The fraction of sp³-hybridized carbons (Fsp3) is 0.308. The maximum Gasteiger partial charge on any atom is 0.272 e. The Morgan fingerprint density at radius 1 is 1.16 bits per heavy atom. The highest BCUT2D eigenvalue weighted by Gasteiger charge is 2.25. The molecule has 1 aliphatic carbocycles. The number of carbonyl (C=O) groups is 1. The van der Waals surface area contributed by atoms with E-state index in [1.807, 2.05) is 0 Å². The van der Waals surface area contributed by atoms with E-state index in [-0.39, 0.29) is 28.2 Å². The highest BCUT2D eigenvalue weighted by Crippen LogP contribution is 2.28. The first kappa shape index (κ1) is 11.7. The van der Waals surface area contributed by atoms with Crippen LogP contribution in [-0.4, -0.2) is 16.1 Å². The summed E-state index contributed by atoms with van der Waals surface area (Å²) in [4.78, 5) is 35.4. The highest BCUT2D eigenvalue weighted by atomic mass is 16.2. The van der Waals surface area contributed by atoms with E-state index >= 15 is 0 Å². The quantitative estimate of drug-likeness (QED) is 0.749. The zero-order valence-electron chi connectivity index (χ0n) is 10.2. The van der Waals surface area contributed by atoms with Gasteiger partial charge in [-0.3, -0.25) is 24.6 Å². The number of hydrogen-bond donors (Lipinski definition) is 3. The molecule has 0 bridgehead atoms. The third-order valence-electron chi connectivity index (χ3n) is 3.56. The van der Waals surface area contributed by atoms with Crippen LogP contribution in [0.3, 0.4) is 0 Å². The molecule has 6 heteroatoms. The molecule has 1 heterocycles. The van der Waals surface area contributed by atoms with Crippen LogP contribution in [0, 0.1) is 5.92 Å². The van der Waals surface area contributed by atoms with Crippen LogP contribution in [0.15, 0.2) is 27.8 Å². The first-order chi connectivity index (χ1) is 9.16. The third-order valence-corrected chi connectivity index (χ3v) is 3.56. The SMILES string of the molecule is O=C(Nc1cccc2c(=O)[nH][nH]c(=O)c12)C1CCC1. The maximum absolute atomic E-state index is 11.9. The predicted molar refractivity (Wildman–Crippen MR) is 71.2 cm³/mol. The average molecular weight is 259 g/mol. The van der Waals surface area contributed by atoms with Crippen LogP contribution in [-0.2, 0) is 4.79 Å². The zero-order valence-corrected chi connectivity index (χ0v) is 10.2. The van der Waals surface area contributed by atoms with Gasteiger partial charge in [-0.1, -0.05) is 12.5 Å². The van der Waals surface area contributed by atoms with Crippen LogP contribution < -0.4 is 16.4 Å². The number of carbonyl (C=O) groups excluding carboxylic acids is 1. The first-order valence-electron chi connectivity index (χ1n) is 6.21. The number of rotatable bonds is 2. The molecule has 0 atom stereocenters. The maximum atomic E-state index is 11.9. The van der Waals surface area contributed by atoms with Gasteiger partial charge in [-0.05, 0) is 25.0 Å². The molecule has 1 amide bonds. The Morgan fingerprint density at radius 3 is 2.58 bits per heavy atom. The van der Waals surface area contributed by atoms with Crippen molar-refractivity contribution in [3.8, 4) is 0 Å². The standard InChI is InChI=1S/C13H13N3O3/c17-11(7-3-1-4-7)14-9-6-2-5-8-10(9)13(19)16-15-12(8)18/h2,5-7H,1,3-4H2,(H,14,17)(H,15,18)(H,16,19). The number of benzene rings is 1. The second-order valence-electron chi connectivity index (χ2n) is 4.75. The molecule has 1 saturated carbocycles. The Morgan fingerprint density at radius 2 is 1.89 bits per heavy atom. The lowest BCUT2D eigenvalue weighted by atomic mass is 9.85. The monoisotopic (exact) mass is 259 g/mol. The van der Waals surface area contributed by atoms with Crippen LogP contribution in [0.2, 0.25) is 0 Å². The number of aromatic amines is 2. The minimum atomic E-state index is -0.417. The summed E-state index contributed by atoms with van der Waals surface area (Å²) in [6.45, 7) is 0. The van der Waals surface area contributed by atoms with Crippen LogP contribution >= 0.6 is 0 Å². The van der Waals surface area contributed by atoms with E-state index in [1.54, 1.807) is 18.2 Å². The molecule has 1 aromatic heterocycles. The van der Waals surface area contributed by atoms with E-state index in [4.69, 9.17) is 0 Å². The summed E-state index contributed by atoms with van der Waals surface area (Å²) in [5.41, 5.74) is -0.407.